The van der Waals surface area contributed by atoms with Crippen LogP contribution in [-0.4, -0.2) is 49.4 Å². The molecule has 142 valence electrons. The second kappa shape index (κ2) is 5.82. The molecule has 0 saturated heterocycles. The van der Waals surface area contributed by atoms with Gasteiger partial charge in [-0.2, -0.15) is 5.10 Å². The van der Waals surface area contributed by atoms with Gasteiger partial charge in [0.15, 0.2) is 0 Å². The molecule has 2 bridgehead atoms. The molecular formula is C20H27BN4O2. The maximum atomic E-state index is 11.0. The average molecular weight is 366 g/mol. The van der Waals surface area contributed by atoms with Crippen LogP contribution in [0.2, 0.25) is 0 Å². The summed E-state index contributed by atoms with van der Waals surface area (Å²) >= 11 is 0. The third-order valence-corrected chi connectivity index (χ3v) is 6.91. The van der Waals surface area contributed by atoms with Crippen molar-refractivity contribution in [3.8, 4) is 0 Å². The highest BCUT2D eigenvalue weighted by molar-refractivity contribution is 6.66. The third-order valence-electron chi connectivity index (χ3n) is 6.91. The molecule has 6 nitrogen and oxygen atoms in total. The SMILES string of the molecule is CC(C)N1N=C([C@H]2[C@H]3CC[C@](O)(C3)C[C@H]2C)c2c(cnc3[nH]ccc23)B1O. The first-order valence-electron chi connectivity index (χ1n) is 10.1. The van der Waals surface area contributed by atoms with E-state index in [4.69, 9.17) is 5.10 Å². The number of rotatable bonds is 2. The molecule has 3 aliphatic rings. The number of nitrogens with one attached hydrogen (secondary N) is 1. The lowest BCUT2D eigenvalue weighted by molar-refractivity contribution is -0.00753. The molecule has 2 aromatic rings. The first-order chi connectivity index (χ1) is 12.9. The van der Waals surface area contributed by atoms with E-state index in [1.807, 2.05) is 12.3 Å². The molecule has 5 rings (SSSR count). The Hall–Kier alpha value is -1.86. The first-order valence-corrected chi connectivity index (χ1v) is 10.1. The number of nitrogens with zero attached hydrogens (tertiary/aromatic N) is 3. The van der Waals surface area contributed by atoms with Gasteiger partial charge in [0.25, 0.3) is 0 Å². The molecule has 0 unspecified atom stereocenters. The molecule has 0 aromatic carbocycles. The smallest absolute Gasteiger partial charge is 0.428 e. The molecule has 1 aliphatic heterocycles. The highest BCUT2D eigenvalue weighted by atomic mass is 16.3. The minimum Gasteiger partial charge on any atom is -0.428 e. The summed E-state index contributed by atoms with van der Waals surface area (Å²) in [5, 5.41) is 27.8. The highest BCUT2D eigenvalue weighted by Crippen LogP contribution is 2.52. The van der Waals surface area contributed by atoms with Crippen molar-refractivity contribution >= 4 is 29.3 Å². The second-order valence-corrected chi connectivity index (χ2v) is 9.10. The number of hydrogen-bond acceptors (Lipinski definition) is 5. The van der Waals surface area contributed by atoms with E-state index in [-0.39, 0.29) is 6.04 Å². The summed E-state index contributed by atoms with van der Waals surface area (Å²) in [6.07, 6.45) is 7.32. The Morgan fingerprint density at radius 3 is 2.96 bits per heavy atom. The zero-order valence-corrected chi connectivity index (χ0v) is 16.2. The molecule has 0 spiro atoms. The molecule has 4 atom stereocenters. The van der Waals surface area contributed by atoms with Crippen LogP contribution in [0, 0.1) is 17.8 Å². The summed E-state index contributed by atoms with van der Waals surface area (Å²) in [5.41, 5.74) is 3.29. The van der Waals surface area contributed by atoms with Crippen molar-refractivity contribution in [3.63, 3.8) is 0 Å². The first kappa shape index (κ1) is 17.3. The van der Waals surface area contributed by atoms with Gasteiger partial charge in [0, 0.05) is 40.8 Å². The number of hydrazone groups is 1. The van der Waals surface area contributed by atoms with Crippen molar-refractivity contribution in [2.45, 2.75) is 58.1 Å². The number of aromatic amines is 1. The predicted octanol–water partition coefficient (Wildman–Crippen LogP) is 1.87. The third kappa shape index (κ3) is 2.48. The molecule has 2 saturated carbocycles. The number of aromatic nitrogens is 2. The Kier molecular flexibility index (Phi) is 3.72. The van der Waals surface area contributed by atoms with Crippen molar-refractivity contribution in [2.75, 3.05) is 0 Å². The number of fused-ring (bicyclic) bond motifs is 5. The molecule has 7 heteroatoms. The van der Waals surface area contributed by atoms with Crippen molar-refractivity contribution in [1.82, 2.24) is 14.9 Å². The summed E-state index contributed by atoms with van der Waals surface area (Å²) in [5.74, 6) is 1.09. The number of hydrogen-bond donors (Lipinski definition) is 3. The van der Waals surface area contributed by atoms with E-state index in [9.17, 15) is 10.1 Å². The van der Waals surface area contributed by atoms with Crippen LogP contribution in [0.4, 0.5) is 0 Å². The lowest BCUT2D eigenvalue weighted by atomic mass is 9.63. The van der Waals surface area contributed by atoms with Gasteiger partial charge < -0.3 is 20.0 Å². The van der Waals surface area contributed by atoms with Crippen molar-refractivity contribution in [3.05, 3.63) is 24.0 Å². The predicted molar refractivity (Wildman–Crippen MR) is 107 cm³/mol. The lowest BCUT2D eigenvalue weighted by Crippen LogP contribution is -2.56. The summed E-state index contributed by atoms with van der Waals surface area (Å²) in [6.45, 7) is 6.35. The Morgan fingerprint density at radius 1 is 1.37 bits per heavy atom. The van der Waals surface area contributed by atoms with Crippen LogP contribution in [0.5, 0.6) is 0 Å². The molecule has 0 radical (unpaired) electrons. The average Bonchev–Trinajstić information content (AvgIpc) is 3.20. The van der Waals surface area contributed by atoms with Crippen molar-refractivity contribution in [2.24, 2.45) is 22.9 Å². The largest absolute Gasteiger partial charge is 0.468 e. The summed E-state index contributed by atoms with van der Waals surface area (Å²) in [4.78, 5) is 9.52. The van der Waals surface area contributed by atoms with Gasteiger partial charge in [0.2, 0.25) is 0 Å². The van der Waals surface area contributed by atoms with Crippen molar-refractivity contribution in [1.29, 1.82) is 0 Å². The topological polar surface area (TPSA) is 84.7 Å². The Balaban J connectivity index is 1.70. The Morgan fingerprint density at radius 2 is 2.19 bits per heavy atom. The van der Waals surface area contributed by atoms with Crippen molar-refractivity contribution < 1.29 is 10.1 Å². The standard InChI is InChI=1S/C20H27BN4O2/c1-11(2)25-21(27)15-10-23-19-14(5-7-22-19)17(15)18(24-25)16-12(3)8-20(26)6-4-13(16)9-20/h5,7,10-13,16,26-27H,4,6,8-9H2,1-3H3,(H,22,23)/t12-,13+,16-,20-/m1/s1. The van der Waals surface area contributed by atoms with Crippen LogP contribution < -0.4 is 5.46 Å². The van der Waals surface area contributed by atoms with Gasteiger partial charge in [-0.25, -0.2) is 4.98 Å². The van der Waals surface area contributed by atoms with Crippen LogP contribution in [-0.2, 0) is 0 Å². The van der Waals surface area contributed by atoms with Gasteiger partial charge in [-0.1, -0.05) is 6.92 Å². The minimum absolute atomic E-state index is 0.0875. The molecule has 2 aromatic heterocycles. The van der Waals surface area contributed by atoms with Gasteiger partial charge in [-0.05, 0) is 57.4 Å². The van der Waals surface area contributed by atoms with E-state index in [1.165, 1.54) is 0 Å². The van der Waals surface area contributed by atoms with Gasteiger partial charge in [0.1, 0.15) is 5.65 Å². The second-order valence-electron chi connectivity index (χ2n) is 9.10. The van der Waals surface area contributed by atoms with E-state index in [2.05, 4.69) is 30.7 Å². The van der Waals surface area contributed by atoms with Crippen LogP contribution in [0.25, 0.3) is 11.0 Å². The van der Waals surface area contributed by atoms with Gasteiger partial charge in [-0.15, -0.1) is 0 Å². The summed E-state index contributed by atoms with van der Waals surface area (Å²) in [6, 6.07) is 2.12. The summed E-state index contributed by atoms with van der Waals surface area (Å²) in [7, 11) is -0.782. The van der Waals surface area contributed by atoms with Gasteiger partial charge >= 0.3 is 7.05 Å². The molecule has 2 aliphatic carbocycles. The number of pyridine rings is 1. The highest BCUT2D eigenvalue weighted by Gasteiger charge is 2.51. The quantitative estimate of drug-likeness (QED) is 0.709. The van der Waals surface area contributed by atoms with Crippen LogP contribution >= 0.6 is 0 Å². The minimum atomic E-state index is -0.782. The molecule has 27 heavy (non-hydrogen) atoms. The van der Waals surface area contributed by atoms with E-state index in [0.29, 0.717) is 17.8 Å². The Bertz CT molecular complexity index is 926. The van der Waals surface area contributed by atoms with E-state index < -0.39 is 12.7 Å². The Labute approximate surface area is 159 Å². The molecule has 3 N–H and O–H groups in total. The fourth-order valence-electron chi connectivity index (χ4n) is 5.83. The number of H-pyrrole nitrogens is 1. The van der Waals surface area contributed by atoms with Gasteiger partial charge in [0.05, 0.1) is 11.3 Å². The van der Waals surface area contributed by atoms with Crippen LogP contribution in [0.3, 0.4) is 0 Å². The number of aliphatic hydroxyl groups is 1. The maximum Gasteiger partial charge on any atom is 0.468 e. The zero-order chi connectivity index (χ0) is 18.9. The zero-order valence-electron chi connectivity index (χ0n) is 16.2. The fraction of sp³-hybridized carbons (Fsp3) is 0.600. The van der Waals surface area contributed by atoms with Crippen LogP contribution in [0.15, 0.2) is 23.6 Å². The molecule has 0 amide bonds. The van der Waals surface area contributed by atoms with Gasteiger partial charge in [-0.3, -0.25) is 0 Å². The van der Waals surface area contributed by atoms with E-state index >= 15 is 0 Å². The molecule has 3 heterocycles. The van der Waals surface area contributed by atoms with E-state index in [1.54, 1.807) is 11.1 Å². The van der Waals surface area contributed by atoms with E-state index in [0.717, 1.165) is 53.5 Å². The lowest BCUT2D eigenvalue weighted by Gasteiger charge is -2.42. The molecular weight excluding hydrogens is 339 g/mol. The molecule has 2 fully saturated rings. The summed E-state index contributed by atoms with van der Waals surface area (Å²) < 4.78 is 0. The fourth-order valence-corrected chi connectivity index (χ4v) is 5.83. The normalized spacial score (nSPS) is 33.0. The van der Waals surface area contributed by atoms with Crippen LogP contribution in [0.1, 0.15) is 52.0 Å². The monoisotopic (exact) mass is 366 g/mol. The maximum absolute atomic E-state index is 11.0.